The molecule has 1 fully saturated rings. The summed E-state index contributed by atoms with van der Waals surface area (Å²) < 4.78 is 4.91. The molecular formula is C14H21NO4. The van der Waals surface area contributed by atoms with Crippen LogP contribution in [-0.4, -0.2) is 28.3 Å². The summed E-state index contributed by atoms with van der Waals surface area (Å²) in [4.78, 5) is 10.9. The molecule has 2 rings (SSSR count). The van der Waals surface area contributed by atoms with Gasteiger partial charge < -0.3 is 19.9 Å². The van der Waals surface area contributed by atoms with Gasteiger partial charge in [0.25, 0.3) is 0 Å². The Hall–Kier alpha value is -1.33. The van der Waals surface area contributed by atoms with Crippen LogP contribution in [0.4, 0.5) is 0 Å². The van der Waals surface area contributed by atoms with Crippen LogP contribution in [0.15, 0.2) is 16.7 Å². The summed E-state index contributed by atoms with van der Waals surface area (Å²) in [6, 6.07) is 1.64. The van der Waals surface area contributed by atoms with Gasteiger partial charge >= 0.3 is 5.97 Å². The summed E-state index contributed by atoms with van der Waals surface area (Å²) in [5.74, 6) is -0.406. The van der Waals surface area contributed by atoms with Crippen molar-refractivity contribution in [3.05, 3.63) is 23.7 Å². The van der Waals surface area contributed by atoms with Crippen LogP contribution in [0.25, 0.3) is 0 Å². The van der Waals surface area contributed by atoms with Gasteiger partial charge in [-0.3, -0.25) is 0 Å². The fourth-order valence-electron chi connectivity index (χ4n) is 2.57. The zero-order valence-electron chi connectivity index (χ0n) is 11.2. The van der Waals surface area contributed by atoms with Crippen molar-refractivity contribution in [2.45, 2.75) is 44.8 Å². The van der Waals surface area contributed by atoms with E-state index in [1.165, 1.54) is 6.26 Å². The molecule has 1 aliphatic carbocycles. The fraction of sp³-hybridized carbons (Fsp3) is 0.643. The average molecular weight is 267 g/mol. The molecule has 0 aliphatic heterocycles. The van der Waals surface area contributed by atoms with Crippen molar-refractivity contribution in [1.82, 2.24) is 5.32 Å². The smallest absolute Gasteiger partial charge is 0.372 e. The van der Waals surface area contributed by atoms with Crippen LogP contribution in [0.5, 0.6) is 0 Å². The van der Waals surface area contributed by atoms with E-state index in [-0.39, 0.29) is 5.76 Å². The first-order chi connectivity index (χ1) is 9.00. The molecule has 1 heterocycles. The SMILES string of the molecule is CC1CCC(O)(CNCc2ccoc2C(=O)O)CC1. The van der Waals surface area contributed by atoms with Gasteiger partial charge in [0, 0.05) is 18.7 Å². The van der Waals surface area contributed by atoms with Gasteiger partial charge in [-0.05, 0) is 37.7 Å². The number of carboxylic acid groups (broad SMARTS) is 1. The molecule has 0 unspecified atom stereocenters. The van der Waals surface area contributed by atoms with Crippen molar-refractivity contribution in [2.24, 2.45) is 5.92 Å². The van der Waals surface area contributed by atoms with E-state index >= 15 is 0 Å². The van der Waals surface area contributed by atoms with Crippen LogP contribution < -0.4 is 5.32 Å². The summed E-state index contributed by atoms with van der Waals surface area (Å²) in [6.45, 7) is 3.09. The number of furan rings is 1. The van der Waals surface area contributed by atoms with E-state index < -0.39 is 11.6 Å². The third-order valence-corrected chi connectivity index (χ3v) is 3.92. The van der Waals surface area contributed by atoms with Crippen LogP contribution in [0, 0.1) is 5.92 Å². The van der Waals surface area contributed by atoms with Crippen molar-refractivity contribution in [1.29, 1.82) is 0 Å². The van der Waals surface area contributed by atoms with Gasteiger partial charge in [0.1, 0.15) is 0 Å². The maximum atomic E-state index is 10.9. The molecule has 1 saturated carbocycles. The zero-order chi connectivity index (χ0) is 13.9. The van der Waals surface area contributed by atoms with Gasteiger partial charge in [-0.2, -0.15) is 0 Å². The summed E-state index contributed by atoms with van der Waals surface area (Å²) in [7, 11) is 0. The third kappa shape index (κ3) is 3.58. The van der Waals surface area contributed by atoms with Crippen molar-refractivity contribution < 1.29 is 19.4 Å². The average Bonchev–Trinajstić information content (AvgIpc) is 2.82. The first-order valence-electron chi connectivity index (χ1n) is 6.73. The summed E-state index contributed by atoms with van der Waals surface area (Å²) in [5, 5.41) is 22.4. The first-order valence-corrected chi connectivity index (χ1v) is 6.73. The maximum absolute atomic E-state index is 10.9. The first kappa shape index (κ1) is 14.1. The van der Waals surface area contributed by atoms with Crippen molar-refractivity contribution in [3.63, 3.8) is 0 Å². The Morgan fingerprint density at radius 3 is 2.84 bits per heavy atom. The van der Waals surface area contributed by atoms with Gasteiger partial charge in [0.2, 0.25) is 5.76 Å². The normalized spacial score (nSPS) is 27.4. The second kappa shape index (κ2) is 5.75. The Balaban J connectivity index is 1.83. The van der Waals surface area contributed by atoms with E-state index in [4.69, 9.17) is 9.52 Å². The topological polar surface area (TPSA) is 82.7 Å². The molecule has 0 amide bonds. The van der Waals surface area contributed by atoms with E-state index in [0.717, 1.165) is 25.7 Å². The third-order valence-electron chi connectivity index (χ3n) is 3.92. The Bertz CT molecular complexity index is 432. The van der Waals surface area contributed by atoms with Crippen LogP contribution in [-0.2, 0) is 6.54 Å². The maximum Gasteiger partial charge on any atom is 0.372 e. The molecule has 0 spiro atoms. The minimum Gasteiger partial charge on any atom is -0.475 e. The molecule has 5 nitrogen and oxygen atoms in total. The molecule has 0 atom stereocenters. The number of aromatic carboxylic acids is 1. The Morgan fingerprint density at radius 2 is 2.21 bits per heavy atom. The number of hydrogen-bond donors (Lipinski definition) is 3. The quantitative estimate of drug-likeness (QED) is 0.760. The second-order valence-electron chi connectivity index (χ2n) is 5.59. The molecule has 3 N–H and O–H groups in total. The number of hydrogen-bond acceptors (Lipinski definition) is 4. The van der Waals surface area contributed by atoms with Gasteiger partial charge in [0.05, 0.1) is 11.9 Å². The number of aliphatic hydroxyl groups is 1. The molecule has 19 heavy (non-hydrogen) atoms. The fourth-order valence-corrected chi connectivity index (χ4v) is 2.57. The highest BCUT2D eigenvalue weighted by molar-refractivity contribution is 5.86. The Kier molecular flexibility index (Phi) is 4.27. The Morgan fingerprint density at radius 1 is 1.53 bits per heavy atom. The van der Waals surface area contributed by atoms with Crippen molar-refractivity contribution in [2.75, 3.05) is 6.54 Å². The molecule has 1 aromatic rings. The minimum atomic E-state index is -1.06. The van der Waals surface area contributed by atoms with Crippen LogP contribution in [0.3, 0.4) is 0 Å². The lowest BCUT2D eigenvalue weighted by Crippen LogP contribution is -2.43. The highest BCUT2D eigenvalue weighted by Gasteiger charge is 2.31. The predicted molar refractivity (Wildman–Crippen MR) is 70.0 cm³/mol. The van der Waals surface area contributed by atoms with Gasteiger partial charge in [-0.25, -0.2) is 4.79 Å². The molecule has 1 aromatic heterocycles. The highest BCUT2D eigenvalue weighted by Crippen LogP contribution is 2.31. The summed E-state index contributed by atoms with van der Waals surface area (Å²) in [6.07, 6.45) is 5.07. The predicted octanol–water partition coefficient (Wildman–Crippen LogP) is 2.01. The second-order valence-corrected chi connectivity index (χ2v) is 5.59. The lowest BCUT2D eigenvalue weighted by molar-refractivity contribution is -0.00631. The molecular weight excluding hydrogens is 246 g/mol. The number of carboxylic acids is 1. The van der Waals surface area contributed by atoms with E-state index in [2.05, 4.69) is 12.2 Å². The van der Waals surface area contributed by atoms with E-state index in [1.54, 1.807) is 6.07 Å². The van der Waals surface area contributed by atoms with E-state index in [9.17, 15) is 9.90 Å². The number of nitrogens with one attached hydrogen (secondary N) is 1. The molecule has 0 aromatic carbocycles. The van der Waals surface area contributed by atoms with Crippen LogP contribution >= 0.6 is 0 Å². The van der Waals surface area contributed by atoms with Gasteiger partial charge in [-0.15, -0.1) is 0 Å². The van der Waals surface area contributed by atoms with Gasteiger partial charge in [0.15, 0.2) is 0 Å². The summed E-state index contributed by atoms with van der Waals surface area (Å²) in [5.41, 5.74) is -0.0418. The standard InChI is InChI=1S/C14H21NO4/c1-10-2-5-14(18,6-3-10)9-15-8-11-4-7-19-12(11)13(16)17/h4,7,10,15,18H,2-3,5-6,8-9H2,1H3,(H,16,17). The number of rotatable bonds is 5. The van der Waals surface area contributed by atoms with Crippen LogP contribution in [0.2, 0.25) is 0 Å². The zero-order valence-corrected chi connectivity index (χ0v) is 11.2. The van der Waals surface area contributed by atoms with Crippen LogP contribution in [0.1, 0.15) is 48.7 Å². The lowest BCUT2D eigenvalue weighted by Gasteiger charge is -2.35. The molecule has 0 saturated heterocycles. The molecule has 0 radical (unpaired) electrons. The van der Waals surface area contributed by atoms with Gasteiger partial charge in [-0.1, -0.05) is 6.92 Å². The Labute approximate surface area is 112 Å². The lowest BCUT2D eigenvalue weighted by atomic mass is 9.79. The minimum absolute atomic E-state index is 0.0308. The number of carbonyl (C=O) groups is 1. The highest BCUT2D eigenvalue weighted by atomic mass is 16.4. The molecule has 0 bridgehead atoms. The van der Waals surface area contributed by atoms with E-state index in [0.29, 0.717) is 24.6 Å². The summed E-state index contributed by atoms with van der Waals surface area (Å²) >= 11 is 0. The monoisotopic (exact) mass is 267 g/mol. The molecule has 1 aliphatic rings. The molecule has 5 heteroatoms. The van der Waals surface area contributed by atoms with E-state index in [1.807, 2.05) is 0 Å². The van der Waals surface area contributed by atoms with Crippen molar-refractivity contribution in [3.8, 4) is 0 Å². The molecule has 106 valence electrons. The largest absolute Gasteiger partial charge is 0.475 e. The van der Waals surface area contributed by atoms with Crippen molar-refractivity contribution >= 4 is 5.97 Å².